The average Bonchev–Trinajstić information content (AvgIpc) is 2.69. The van der Waals surface area contributed by atoms with Gasteiger partial charge < -0.3 is 19.1 Å². The van der Waals surface area contributed by atoms with Crippen LogP contribution in [0.5, 0.6) is 5.75 Å². The quantitative estimate of drug-likeness (QED) is 0.609. The number of amides is 1. The Labute approximate surface area is 171 Å². The first-order chi connectivity index (χ1) is 13.6. The van der Waals surface area contributed by atoms with E-state index in [1.165, 1.54) is 31.4 Å². The molecule has 0 saturated carbocycles. The molecule has 2 atom stereocenters. The summed E-state index contributed by atoms with van der Waals surface area (Å²) < 4.78 is 43.1. The smallest absolute Gasteiger partial charge is 0.324 e. The summed E-state index contributed by atoms with van der Waals surface area (Å²) in [7, 11) is -2.48. The van der Waals surface area contributed by atoms with Crippen molar-refractivity contribution in [3.8, 4) is 5.75 Å². The first-order valence-electron chi connectivity index (χ1n) is 9.36. The van der Waals surface area contributed by atoms with Crippen molar-refractivity contribution in [1.29, 1.82) is 0 Å². The molecule has 29 heavy (non-hydrogen) atoms. The van der Waals surface area contributed by atoms with E-state index in [4.69, 9.17) is 14.2 Å². The fourth-order valence-corrected chi connectivity index (χ4v) is 4.14. The molecule has 162 valence electrons. The monoisotopic (exact) mass is 428 g/mol. The molecule has 9 nitrogen and oxygen atoms in total. The lowest BCUT2D eigenvalue weighted by atomic mass is 10.1. The van der Waals surface area contributed by atoms with Gasteiger partial charge in [-0.1, -0.05) is 13.8 Å². The highest BCUT2D eigenvalue weighted by Crippen LogP contribution is 2.17. The Bertz CT molecular complexity index is 808. The third-order valence-electron chi connectivity index (χ3n) is 4.50. The second kappa shape index (κ2) is 10.0. The normalized spacial score (nSPS) is 18.4. The van der Waals surface area contributed by atoms with E-state index in [0.717, 1.165) is 0 Å². The maximum atomic E-state index is 12.6. The number of carbonyl (C=O) groups is 2. The van der Waals surface area contributed by atoms with Gasteiger partial charge in [-0.2, -0.15) is 4.72 Å². The van der Waals surface area contributed by atoms with Crippen LogP contribution >= 0.6 is 0 Å². The van der Waals surface area contributed by atoms with E-state index in [-0.39, 0.29) is 22.8 Å². The minimum absolute atomic E-state index is 0.00451. The summed E-state index contributed by atoms with van der Waals surface area (Å²) >= 11 is 0. The molecule has 1 heterocycles. The molecule has 1 aromatic rings. The van der Waals surface area contributed by atoms with Gasteiger partial charge in [-0.15, -0.1) is 0 Å². The summed E-state index contributed by atoms with van der Waals surface area (Å²) in [6.45, 7) is 6.07. The molecule has 0 aromatic heterocycles. The molecular weight excluding hydrogens is 400 g/mol. The number of esters is 1. The van der Waals surface area contributed by atoms with Crippen LogP contribution in [0, 0.1) is 5.92 Å². The van der Waals surface area contributed by atoms with E-state index in [1.54, 1.807) is 18.7 Å². The first-order valence-corrected chi connectivity index (χ1v) is 10.8. The van der Waals surface area contributed by atoms with Crippen molar-refractivity contribution >= 4 is 21.9 Å². The third-order valence-corrected chi connectivity index (χ3v) is 5.96. The van der Waals surface area contributed by atoms with Crippen LogP contribution in [0.4, 0.5) is 0 Å². The largest absolute Gasteiger partial charge is 0.497 e. The van der Waals surface area contributed by atoms with E-state index in [2.05, 4.69) is 4.72 Å². The predicted molar refractivity (Wildman–Crippen MR) is 105 cm³/mol. The number of morpholine rings is 1. The molecule has 0 bridgehead atoms. The highest BCUT2D eigenvalue weighted by molar-refractivity contribution is 7.89. The topological polar surface area (TPSA) is 111 Å². The number of ether oxygens (including phenoxy) is 3. The van der Waals surface area contributed by atoms with Crippen LogP contribution in [0.1, 0.15) is 20.8 Å². The zero-order chi connectivity index (χ0) is 21.6. The molecule has 1 aromatic carbocycles. The molecule has 1 saturated heterocycles. The summed E-state index contributed by atoms with van der Waals surface area (Å²) in [4.78, 5) is 26.3. The van der Waals surface area contributed by atoms with Gasteiger partial charge in [-0.3, -0.25) is 9.59 Å². The van der Waals surface area contributed by atoms with Crippen LogP contribution in [-0.4, -0.2) is 70.8 Å². The van der Waals surface area contributed by atoms with Crippen molar-refractivity contribution in [3.05, 3.63) is 24.3 Å². The summed E-state index contributed by atoms with van der Waals surface area (Å²) in [5.74, 6) is -1.01. The predicted octanol–water partition coefficient (Wildman–Crippen LogP) is 0.789. The van der Waals surface area contributed by atoms with Gasteiger partial charge in [-0.05, 0) is 37.1 Å². The summed E-state index contributed by atoms with van der Waals surface area (Å²) in [5, 5.41) is 0. The molecule has 1 aliphatic heterocycles. The number of carbonyl (C=O) groups excluding carboxylic acids is 2. The zero-order valence-electron chi connectivity index (χ0n) is 17.1. The van der Waals surface area contributed by atoms with Gasteiger partial charge in [0.2, 0.25) is 10.0 Å². The van der Waals surface area contributed by atoms with Gasteiger partial charge in [0.05, 0.1) is 24.7 Å². The van der Waals surface area contributed by atoms with Crippen molar-refractivity contribution in [2.24, 2.45) is 5.92 Å². The maximum absolute atomic E-state index is 12.6. The Balaban J connectivity index is 2.00. The third kappa shape index (κ3) is 6.41. The van der Waals surface area contributed by atoms with Crippen LogP contribution in [0.25, 0.3) is 0 Å². The maximum Gasteiger partial charge on any atom is 0.324 e. The van der Waals surface area contributed by atoms with Crippen LogP contribution in [0.2, 0.25) is 0 Å². The fourth-order valence-electron chi connectivity index (χ4n) is 2.81. The number of hydrogen-bond acceptors (Lipinski definition) is 7. The minimum Gasteiger partial charge on any atom is -0.497 e. The molecule has 1 unspecified atom stereocenters. The highest BCUT2D eigenvalue weighted by atomic mass is 32.2. The van der Waals surface area contributed by atoms with Gasteiger partial charge in [-0.25, -0.2) is 8.42 Å². The Morgan fingerprint density at radius 3 is 2.48 bits per heavy atom. The van der Waals surface area contributed by atoms with Crippen LogP contribution in [-0.2, 0) is 29.1 Å². The number of rotatable bonds is 8. The minimum atomic E-state index is -3.96. The Morgan fingerprint density at radius 2 is 1.93 bits per heavy atom. The Hall–Kier alpha value is -2.17. The van der Waals surface area contributed by atoms with E-state index in [0.29, 0.717) is 25.4 Å². The van der Waals surface area contributed by atoms with Gasteiger partial charge in [0, 0.05) is 13.1 Å². The molecule has 1 fully saturated rings. The van der Waals surface area contributed by atoms with Crippen molar-refractivity contribution in [1.82, 2.24) is 9.62 Å². The molecule has 1 aliphatic rings. The van der Waals surface area contributed by atoms with Gasteiger partial charge in [0.15, 0.2) is 6.61 Å². The highest BCUT2D eigenvalue weighted by Gasteiger charge is 2.31. The molecule has 0 aliphatic carbocycles. The molecule has 0 spiro atoms. The number of hydrogen-bond donors (Lipinski definition) is 1. The van der Waals surface area contributed by atoms with Crippen molar-refractivity contribution in [2.75, 3.05) is 33.4 Å². The second-order valence-corrected chi connectivity index (χ2v) is 8.86. The molecule has 1 N–H and O–H groups in total. The number of nitrogens with one attached hydrogen (secondary N) is 1. The van der Waals surface area contributed by atoms with Gasteiger partial charge in [0.1, 0.15) is 11.8 Å². The summed E-state index contributed by atoms with van der Waals surface area (Å²) in [6, 6.07) is 4.66. The summed E-state index contributed by atoms with van der Waals surface area (Å²) in [5.41, 5.74) is 0. The lowest BCUT2D eigenvalue weighted by Gasteiger charge is -2.31. The molecular formula is C19H28N2O7S. The SMILES string of the molecule is COc1ccc(S(=O)(=O)N[C@H](C(=O)OCC(=O)N2CCOC(C)C2)C(C)C)cc1. The van der Waals surface area contributed by atoms with Crippen LogP contribution in [0.15, 0.2) is 29.2 Å². The zero-order valence-corrected chi connectivity index (χ0v) is 17.9. The molecule has 0 radical (unpaired) electrons. The average molecular weight is 429 g/mol. The summed E-state index contributed by atoms with van der Waals surface area (Å²) in [6.07, 6.45) is -0.0804. The molecule has 10 heteroatoms. The van der Waals surface area contributed by atoms with Crippen molar-refractivity contribution in [2.45, 2.75) is 37.8 Å². The fraction of sp³-hybridized carbons (Fsp3) is 0.579. The second-order valence-electron chi connectivity index (χ2n) is 7.15. The Morgan fingerprint density at radius 1 is 1.28 bits per heavy atom. The lowest BCUT2D eigenvalue weighted by Crippen LogP contribution is -2.48. The van der Waals surface area contributed by atoms with Crippen molar-refractivity contribution < 1.29 is 32.2 Å². The first kappa shape index (κ1) is 23.1. The van der Waals surface area contributed by atoms with E-state index < -0.39 is 28.6 Å². The van der Waals surface area contributed by atoms with Gasteiger partial charge >= 0.3 is 5.97 Å². The standard InChI is InChI=1S/C19H28N2O7S/c1-13(2)18(20-29(24,25)16-7-5-15(26-4)6-8-16)19(23)28-12-17(22)21-9-10-27-14(3)11-21/h5-8,13-14,18,20H,9-12H2,1-4H3/t14?,18-/m0/s1. The molecule has 1 amide bonds. The van der Waals surface area contributed by atoms with Crippen LogP contribution < -0.4 is 9.46 Å². The Kier molecular flexibility index (Phi) is 8.00. The molecule has 2 rings (SSSR count). The number of sulfonamides is 1. The van der Waals surface area contributed by atoms with Crippen molar-refractivity contribution in [3.63, 3.8) is 0 Å². The van der Waals surface area contributed by atoms with Gasteiger partial charge in [0.25, 0.3) is 5.91 Å². The number of benzene rings is 1. The van der Waals surface area contributed by atoms with E-state index in [9.17, 15) is 18.0 Å². The number of nitrogens with zero attached hydrogens (tertiary/aromatic N) is 1. The lowest BCUT2D eigenvalue weighted by molar-refractivity contribution is -0.156. The van der Waals surface area contributed by atoms with E-state index >= 15 is 0 Å². The van der Waals surface area contributed by atoms with Crippen LogP contribution in [0.3, 0.4) is 0 Å². The van der Waals surface area contributed by atoms with E-state index in [1.807, 2.05) is 6.92 Å². The number of methoxy groups -OCH3 is 1.